The Labute approximate surface area is 177 Å². The van der Waals surface area contributed by atoms with Gasteiger partial charge in [-0.1, -0.05) is 30.3 Å². The summed E-state index contributed by atoms with van der Waals surface area (Å²) in [7, 11) is 0. The van der Waals surface area contributed by atoms with E-state index in [9.17, 15) is 4.79 Å². The lowest BCUT2D eigenvalue weighted by Crippen LogP contribution is -2.41. The molecule has 1 amide bonds. The zero-order valence-electron chi connectivity index (χ0n) is 17.4. The summed E-state index contributed by atoms with van der Waals surface area (Å²) in [6.45, 7) is 5.20. The van der Waals surface area contributed by atoms with E-state index in [0.29, 0.717) is 12.5 Å². The van der Waals surface area contributed by atoms with Gasteiger partial charge in [0.15, 0.2) is 0 Å². The fourth-order valence-electron chi connectivity index (χ4n) is 3.96. The molecule has 0 spiro atoms. The molecule has 0 N–H and O–H groups in total. The number of pyridine rings is 1. The Morgan fingerprint density at radius 1 is 1.10 bits per heavy atom. The summed E-state index contributed by atoms with van der Waals surface area (Å²) in [5.74, 6) is 1.58. The molecule has 3 aromatic rings. The van der Waals surface area contributed by atoms with Crippen LogP contribution in [-0.4, -0.2) is 45.0 Å². The molecule has 0 saturated carbocycles. The molecule has 0 radical (unpaired) electrons. The highest BCUT2D eigenvalue weighted by Gasteiger charge is 2.24. The number of benzene rings is 1. The van der Waals surface area contributed by atoms with Crippen molar-refractivity contribution in [3.05, 3.63) is 72.3 Å². The van der Waals surface area contributed by atoms with Crippen molar-refractivity contribution in [3.63, 3.8) is 0 Å². The second-order valence-corrected chi connectivity index (χ2v) is 7.88. The maximum Gasteiger partial charge on any atom is 0.248 e. The number of amides is 1. The van der Waals surface area contributed by atoms with Crippen molar-refractivity contribution in [2.75, 3.05) is 19.7 Å². The monoisotopic (exact) mass is 404 g/mol. The van der Waals surface area contributed by atoms with Crippen molar-refractivity contribution in [2.45, 2.75) is 32.9 Å². The van der Waals surface area contributed by atoms with Crippen LogP contribution in [0.1, 0.15) is 24.1 Å². The van der Waals surface area contributed by atoms with Crippen LogP contribution in [0.15, 0.2) is 61.1 Å². The average molecular weight is 405 g/mol. The molecule has 156 valence electrons. The van der Waals surface area contributed by atoms with E-state index in [0.717, 1.165) is 55.1 Å². The summed E-state index contributed by atoms with van der Waals surface area (Å²) < 4.78 is 7.90. The zero-order valence-corrected chi connectivity index (χ0v) is 17.4. The molecule has 1 aliphatic heterocycles. The van der Waals surface area contributed by atoms with Gasteiger partial charge >= 0.3 is 0 Å². The first-order valence-corrected chi connectivity index (χ1v) is 10.5. The van der Waals surface area contributed by atoms with Crippen LogP contribution < -0.4 is 0 Å². The number of likely N-dealkylation sites (tertiary alicyclic amines) is 1. The maximum absolute atomic E-state index is 12.5. The summed E-state index contributed by atoms with van der Waals surface area (Å²) in [5.41, 5.74) is 3.28. The van der Waals surface area contributed by atoms with E-state index < -0.39 is 0 Å². The van der Waals surface area contributed by atoms with Crippen molar-refractivity contribution in [1.29, 1.82) is 0 Å². The maximum atomic E-state index is 12.5. The van der Waals surface area contributed by atoms with E-state index in [-0.39, 0.29) is 12.5 Å². The molecular formula is C24H28N4O2. The largest absolute Gasteiger partial charge is 0.367 e. The standard InChI is InChI=1S/C24H28N4O2/c1-19-14-26-24(22-8-5-11-25-15-22)28(19)16-20-9-12-27(13-10-20)23(29)18-30-17-21-6-3-2-4-7-21/h2-8,11,14-15,20H,9-10,12-13,16-18H2,1H3. The molecule has 2 aromatic heterocycles. The number of piperidine rings is 1. The van der Waals surface area contributed by atoms with Crippen LogP contribution in [0.5, 0.6) is 0 Å². The van der Waals surface area contributed by atoms with Gasteiger partial charge in [-0.15, -0.1) is 0 Å². The van der Waals surface area contributed by atoms with Crippen molar-refractivity contribution in [2.24, 2.45) is 5.92 Å². The number of aromatic nitrogens is 3. The van der Waals surface area contributed by atoms with Gasteiger partial charge in [0.25, 0.3) is 0 Å². The molecule has 1 aliphatic rings. The van der Waals surface area contributed by atoms with Crippen molar-refractivity contribution in [3.8, 4) is 11.4 Å². The Hall–Kier alpha value is -2.99. The van der Waals surface area contributed by atoms with Gasteiger partial charge in [0.1, 0.15) is 12.4 Å². The number of hydrogen-bond donors (Lipinski definition) is 0. The molecule has 1 fully saturated rings. The number of hydrogen-bond acceptors (Lipinski definition) is 4. The summed E-state index contributed by atoms with van der Waals surface area (Å²) in [6, 6.07) is 13.9. The number of carbonyl (C=O) groups excluding carboxylic acids is 1. The van der Waals surface area contributed by atoms with Crippen LogP contribution in [0.4, 0.5) is 0 Å². The molecular weight excluding hydrogens is 376 g/mol. The lowest BCUT2D eigenvalue weighted by Gasteiger charge is -2.32. The predicted molar refractivity (Wildman–Crippen MR) is 116 cm³/mol. The van der Waals surface area contributed by atoms with Crippen molar-refractivity contribution >= 4 is 5.91 Å². The van der Waals surface area contributed by atoms with Gasteiger partial charge in [0.2, 0.25) is 5.91 Å². The van der Waals surface area contributed by atoms with Crippen LogP contribution in [0.25, 0.3) is 11.4 Å². The van der Waals surface area contributed by atoms with Crippen LogP contribution in [0, 0.1) is 12.8 Å². The van der Waals surface area contributed by atoms with Gasteiger partial charge in [-0.25, -0.2) is 4.98 Å². The van der Waals surface area contributed by atoms with E-state index in [1.165, 1.54) is 0 Å². The van der Waals surface area contributed by atoms with E-state index in [1.807, 2.05) is 59.8 Å². The first-order valence-electron chi connectivity index (χ1n) is 10.5. The Bertz CT molecular complexity index is 948. The fraction of sp³-hybridized carbons (Fsp3) is 0.375. The third-order valence-corrected chi connectivity index (χ3v) is 5.72. The van der Waals surface area contributed by atoms with Gasteiger partial charge in [0.05, 0.1) is 6.61 Å². The Kier molecular flexibility index (Phi) is 6.54. The molecule has 0 aliphatic carbocycles. The molecule has 0 unspecified atom stereocenters. The summed E-state index contributed by atoms with van der Waals surface area (Å²) in [4.78, 5) is 23.2. The highest BCUT2D eigenvalue weighted by Crippen LogP contribution is 2.24. The quantitative estimate of drug-likeness (QED) is 0.602. The van der Waals surface area contributed by atoms with E-state index in [1.54, 1.807) is 6.20 Å². The first-order chi connectivity index (χ1) is 14.7. The van der Waals surface area contributed by atoms with Gasteiger partial charge < -0.3 is 14.2 Å². The Morgan fingerprint density at radius 2 is 1.90 bits per heavy atom. The fourth-order valence-corrected chi connectivity index (χ4v) is 3.96. The SMILES string of the molecule is Cc1cnc(-c2cccnc2)n1CC1CCN(C(=O)COCc2ccccc2)CC1. The minimum Gasteiger partial charge on any atom is -0.367 e. The minimum atomic E-state index is 0.0826. The smallest absolute Gasteiger partial charge is 0.248 e. The number of carbonyl (C=O) groups is 1. The van der Waals surface area contributed by atoms with Crippen LogP contribution in [0.2, 0.25) is 0 Å². The lowest BCUT2D eigenvalue weighted by atomic mass is 9.96. The van der Waals surface area contributed by atoms with Gasteiger partial charge in [-0.2, -0.15) is 0 Å². The molecule has 0 atom stereocenters. The predicted octanol–water partition coefficient (Wildman–Crippen LogP) is 3.71. The zero-order chi connectivity index (χ0) is 20.8. The topological polar surface area (TPSA) is 60.2 Å². The first kappa shape index (κ1) is 20.3. The van der Waals surface area contributed by atoms with Crippen molar-refractivity contribution in [1.82, 2.24) is 19.4 Å². The summed E-state index contributed by atoms with van der Waals surface area (Å²) >= 11 is 0. The third-order valence-electron chi connectivity index (χ3n) is 5.72. The molecule has 1 aromatic carbocycles. The van der Waals surface area contributed by atoms with Gasteiger partial charge in [-0.3, -0.25) is 9.78 Å². The second-order valence-electron chi connectivity index (χ2n) is 7.88. The van der Waals surface area contributed by atoms with Crippen LogP contribution in [0.3, 0.4) is 0 Å². The van der Waals surface area contributed by atoms with Crippen molar-refractivity contribution < 1.29 is 9.53 Å². The highest BCUT2D eigenvalue weighted by molar-refractivity contribution is 5.77. The van der Waals surface area contributed by atoms with E-state index in [2.05, 4.69) is 21.5 Å². The number of nitrogens with zero attached hydrogens (tertiary/aromatic N) is 4. The minimum absolute atomic E-state index is 0.0826. The molecule has 30 heavy (non-hydrogen) atoms. The number of imidazole rings is 1. The molecule has 4 rings (SSSR count). The number of rotatable bonds is 7. The number of ether oxygens (including phenoxy) is 1. The summed E-state index contributed by atoms with van der Waals surface area (Å²) in [5, 5.41) is 0. The number of aryl methyl sites for hydroxylation is 1. The molecule has 6 nitrogen and oxygen atoms in total. The highest BCUT2D eigenvalue weighted by atomic mass is 16.5. The Morgan fingerprint density at radius 3 is 2.63 bits per heavy atom. The summed E-state index contributed by atoms with van der Waals surface area (Å²) in [6.07, 6.45) is 7.54. The van der Waals surface area contributed by atoms with Gasteiger partial charge in [0, 0.05) is 49.5 Å². The normalized spacial score (nSPS) is 14.8. The van der Waals surface area contributed by atoms with Crippen LogP contribution >= 0.6 is 0 Å². The lowest BCUT2D eigenvalue weighted by molar-refractivity contribution is -0.138. The molecule has 6 heteroatoms. The Balaban J connectivity index is 1.27. The van der Waals surface area contributed by atoms with E-state index in [4.69, 9.17) is 4.74 Å². The van der Waals surface area contributed by atoms with E-state index >= 15 is 0 Å². The average Bonchev–Trinajstić information content (AvgIpc) is 3.15. The molecule has 3 heterocycles. The molecule has 0 bridgehead atoms. The second kappa shape index (κ2) is 9.67. The molecule has 1 saturated heterocycles. The van der Waals surface area contributed by atoms with Crippen LogP contribution in [-0.2, 0) is 22.7 Å². The third kappa shape index (κ3) is 4.94. The van der Waals surface area contributed by atoms with Gasteiger partial charge in [-0.05, 0) is 43.4 Å².